The first-order valence-corrected chi connectivity index (χ1v) is 12.0. The summed E-state index contributed by atoms with van der Waals surface area (Å²) in [5, 5.41) is 5.80. The Morgan fingerprint density at radius 3 is 2.48 bits per heavy atom. The minimum atomic E-state index is -3.61. The largest absolute Gasteiger partial charge is 0.343 e. The van der Waals surface area contributed by atoms with E-state index in [2.05, 4.69) is 10.6 Å². The second-order valence-electron chi connectivity index (χ2n) is 7.34. The van der Waals surface area contributed by atoms with Crippen LogP contribution in [0, 0.1) is 0 Å². The number of anilines is 1. The Kier molecular flexibility index (Phi) is 7.59. The standard InChI is InChI=1S/C21H23Cl2N3O4S/c1-14-4-2-3-11-26(14)31(29,30)17-8-5-15(6-9-17)21(28)24-13-20(27)25-19-12-16(22)7-10-18(19)23/h5-10,12,14H,2-4,11,13H2,1H3,(H,24,28)(H,25,27)/t14-/m1/s1. The van der Waals surface area contributed by atoms with Gasteiger partial charge in [0.05, 0.1) is 22.2 Å². The molecule has 166 valence electrons. The normalized spacial score (nSPS) is 17.2. The van der Waals surface area contributed by atoms with Crippen molar-refractivity contribution in [3.63, 3.8) is 0 Å². The third-order valence-electron chi connectivity index (χ3n) is 5.08. The minimum Gasteiger partial charge on any atom is -0.343 e. The number of carbonyl (C=O) groups is 2. The Hall–Kier alpha value is -2.13. The zero-order valence-electron chi connectivity index (χ0n) is 16.9. The smallest absolute Gasteiger partial charge is 0.251 e. The maximum absolute atomic E-state index is 12.9. The number of amides is 2. The number of nitrogens with zero attached hydrogens (tertiary/aromatic N) is 1. The van der Waals surface area contributed by atoms with Crippen LogP contribution in [0.4, 0.5) is 5.69 Å². The Bertz CT molecular complexity index is 1070. The van der Waals surface area contributed by atoms with Crippen LogP contribution in [0.5, 0.6) is 0 Å². The van der Waals surface area contributed by atoms with Crippen LogP contribution in [0.3, 0.4) is 0 Å². The summed E-state index contributed by atoms with van der Waals surface area (Å²) >= 11 is 11.9. The van der Waals surface area contributed by atoms with Crippen LogP contribution in [-0.2, 0) is 14.8 Å². The van der Waals surface area contributed by atoms with Gasteiger partial charge in [0.25, 0.3) is 5.91 Å². The van der Waals surface area contributed by atoms with E-state index < -0.39 is 21.8 Å². The number of halogens is 2. The van der Waals surface area contributed by atoms with Crippen molar-refractivity contribution < 1.29 is 18.0 Å². The number of benzene rings is 2. The second kappa shape index (κ2) is 9.99. The lowest BCUT2D eigenvalue weighted by atomic mass is 10.1. The van der Waals surface area contributed by atoms with Crippen molar-refractivity contribution in [2.75, 3.05) is 18.4 Å². The van der Waals surface area contributed by atoms with Gasteiger partial charge >= 0.3 is 0 Å². The molecule has 0 aliphatic carbocycles. The Labute approximate surface area is 191 Å². The van der Waals surface area contributed by atoms with Crippen molar-refractivity contribution in [2.24, 2.45) is 0 Å². The van der Waals surface area contributed by atoms with Crippen LogP contribution >= 0.6 is 23.2 Å². The quantitative estimate of drug-likeness (QED) is 0.650. The number of hydrogen-bond acceptors (Lipinski definition) is 4. The van der Waals surface area contributed by atoms with Crippen LogP contribution < -0.4 is 10.6 Å². The van der Waals surface area contributed by atoms with Crippen molar-refractivity contribution in [1.29, 1.82) is 0 Å². The highest BCUT2D eigenvalue weighted by Crippen LogP contribution is 2.26. The zero-order valence-corrected chi connectivity index (χ0v) is 19.2. The van der Waals surface area contributed by atoms with E-state index in [0.29, 0.717) is 22.3 Å². The molecule has 1 fully saturated rings. The molecule has 1 atom stereocenters. The van der Waals surface area contributed by atoms with Crippen LogP contribution in [0.1, 0.15) is 36.5 Å². The van der Waals surface area contributed by atoms with Crippen molar-refractivity contribution in [3.05, 3.63) is 58.1 Å². The minimum absolute atomic E-state index is 0.0479. The molecule has 10 heteroatoms. The molecule has 0 aromatic heterocycles. The predicted molar refractivity (Wildman–Crippen MR) is 121 cm³/mol. The number of rotatable bonds is 6. The second-order valence-corrected chi connectivity index (χ2v) is 10.1. The SMILES string of the molecule is C[C@@H]1CCCCN1S(=O)(=O)c1ccc(C(=O)NCC(=O)Nc2cc(Cl)ccc2Cl)cc1. The topological polar surface area (TPSA) is 95.6 Å². The third-order valence-corrected chi connectivity index (χ3v) is 7.67. The van der Waals surface area contributed by atoms with Gasteiger partial charge in [-0.2, -0.15) is 4.31 Å². The molecular formula is C21H23Cl2N3O4S. The molecule has 0 saturated carbocycles. The Balaban J connectivity index is 1.60. The first kappa shape index (κ1) is 23.5. The van der Waals surface area contributed by atoms with Gasteiger partial charge in [-0.3, -0.25) is 9.59 Å². The molecule has 31 heavy (non-hydrogen) atoms. The van der Waals surface area contributed by atoms with E-state index in [-0.39, 0.29) is 23.0 Å². The summed E-state index contributed by atoms with van der Waals surface area (Å²) in [6.07, 6.45) is 2.69. The molecule has 0 bridgehead atoms. The monoisotopic (exact) mass is 483 g/mol. The summed E-state index contributed by atoms with van der Waals surface area (Å²) in [5.74, 6) is -0.974. The highest BCUT2D eigenvalue weighted by molar-refractivity contribution is 7.89. The number of carbonyl (C=O) groups excluding carboxylic acids is 2. The van der Waals surface area contributed by atoms with Gasteiger partial charge in [0.2, 0.25) is 15.9 Å². The van der Waals surface area contributed by atoms with E-state index in [0.717, 1.165) is 19.3 Å². The van der Waals surface area contributed by atoms with Crippen LogP contribution in [0.15, 0.2) is 47.4 Å². The van der Waals surface area contributed by atoms with Gasteiger partial charge in [0.1, 0.15) is 0 Å². The molecule has 1 aliphatic heterocycles. The molecule has 0 unspecified atom stereocenters. The lowest BCUT2D eigenvalue weighted by Gasteiger charge is -2.32. The molecule has 1 saturated heterocycles. The average Bonchev–Trinajstić information content (AvgIpc) is 2.75. The summed E-state index contributed by atoms with van der Waals surface area (Å²) in [6, 6.07) is 10.3. The highest BCUT2D eigenvalue weighted by atomic mass is 35.5. The molecule has 3 rings (SSSR count). The van der Waals surface area contributed by atoms with Gasteiger partial charge < -0.3 is 10.6 Å². The van der Waals surface area contributed by atoms with Crippen molar-refractivity contribution >= 4 is 50.7 Å². The Morgan fingerprint density at radius 1 is 1.10 bits per heavy atom. The maximum atomic E-state index is 12.9. The van der Waals surface area contributed by atoms with Crippen molar-refractivity contribution in [2.45, 2.75) is 37.1 Å². The summed E-state index contributed by atoms with van der Waals surface area (Å²) in [6.45, 7) is 2.12. The molecular weight excluding hydrogens is 461 g/mol. The number of piperidine rings is 1. The molecule has 0 spiro atoms. The first-order valence-electron chi connectivity index (χ1n) is 9.83. The molecule has 2 N–H and O–H groups in total. The third kappa shape index (κ3) is 5.77. The first-order chi connectivity index (χ1) is 14.7. The fourth-order valence-electron chi connectivity index (χ4n) is 3.39. The van der Waals surface area contributed by atoms with E-state index >= 15 is 0 Å². The number of hydrogen-bond donors (Lipinski definition) is 2. The summed E-state index contributed by atoms with van der Waals surface area (Å²) < 4.78 is 27.3. The number of sulfonamides is 1. The summed E-state index contributed by atoms with van der Waals surface area (Å²) in [5.41, 5.74) is 0.592. The lowest BCUT2D eigenvalue weighted by Crippen LogP contribution is -2.41. The summed E-state index contributed by atoms with van der Waals surface area (Å²) in [7, 11) is -3.61. The van der Waals surface area contributed by atoms with Gasteiger partial charge in [-0.05, 0) is 62.2 Å². The zero-order chi connectivity index (χ0) is 22.6. The van der Waals surface area contributed by atoms with Crippen LogP contribution in [0.25, 0.3) is 0 Å². The fourth-order valence-corrected chi connectivity index (χ4v) is 5.43. The van der Waals surface area contributed by atoms with Crippen molar-refractivity contribution in [1.82, 2.24) is 9.62 Å². The van der Waals surface area contributed by atoms with Gasteiger partial charge in [-0.25, -0.2) is 8.42 Å². The molecule has 0 radical (unpaired) electrons. The van der Waals surface area contributed by atoms with Gasteiger partial charge in [-0.1, -0.05) is 29.6 Å². The van der Waals surface area contributed by atoms with Gasteiger partial charge in [-0.15, -0.1) is 0 Å². The Morgan fingerprint density at radius 2 is 1.81 bits per heavy atom. The van der Waals surface area contributed by atoms with E-state index in [1.807, 2.05) is 6.92 Å². The lowest BCUT2D eigenvalue weighted by molar-refractivity contribution is -0.115. The van der Waals surface area contributed by atoms with E-state index in [1.54, 1.807) is 12.1 Å². The highest BCUT2D eigenvalue weighted by Gasteiger charge is 2.30. The van der Waals surface area contributed by atoms with Gasteiger partial charge in [0.15, 0.2) is 0 Å². The number of nitrogens with one attached hydrogen (secondary N) is 2. The molecule has 2 amide bonds. The van der Waals surface area contributed by atoms with Crippen LogP contribution in [0.2, 0.25) is 10.0 Å². The van der Waals surface area contributed by atoms with Crippen molar-refractivity contribution in [3.8, 4) is 0 Å². The molecule has 2 aromatic rings. The van der Waals surface area contributed by atoms with Crippen LogP contribution in [-0.4, -0.2) is 43.7 Å². The van der Waals surface area contributed by atoms with E-state index in [1.165, 1.54) is 34.6 Å². The average molecular weight is 484 g/mol. The van der Waals surface area contributed by atoms with E-state index in [4.69, 9.17) is 23.2 Å². The molecule has 2 aromatic carbocycles. The molecule has 7 nitrogen and oxygen atoms in total. The summed E-state index contributed by atoms with van der Waals surface area (Å²) in [4.78, 5) is 24.6. The van der Waals surface area contributed by atoms with E-state index in [9.17, 15) is 18.0 Å². The molecule has 1 heterocycles. The molecule has 1 aliphatic rings. The van der Waals surface area contributed by atoms with Gasteiger partial charge in [0, 0.05) is 23.2 Å². The maximum Gasteiger partial charge on any atom is 0.251 e. The predicted octanol–water partition coefficient (Wildman–Crippen LogP) is 3.93. The fraction of sp³-hybridized carbons (Fsp3) is 0.333.